The number of halogens is 1. The molecule has 0 aliphatic rings. The van der Waals surface area contributed by atoms with Crippen LogP contribution in [0.5, 0.6) is 0 Å². The minimum absolute atomic E-state index is 0.511. The molecule has 0 aromatic carbocycles. The Hall–Kier alpha value is -1.27. The number of aromatic nitrogens is 1. The fourth-order valence-corrected chi connectivity index (χ4v) is 1.59. The van der Waals surface area contributed by atoms with Gasteiger partial charge in [0.15, 0.2) is 0 Å². The molecule has 1 aromatic rings. The van der Waals surface area contributed by atoms with Gasteiger partial charge in [0, 0.05) is 19.3 Å². The molecule has 3 nitrogen and oxygen atoms in total. The van der Waals surface area contributed by atoms with Crippen LogP contribution in [0.1, 0.15) is 20.3 Å². The third-order valence-corrected chi connectivity index (χ3v) is 2.34. The van der Waals surface area contributed by atoms with Gasteiger partial charge < -0.3 is 4.90 Å². The molecule has 1 aromatic heterocycles. The lowest BCUT2D eigenvalue weighted by Crippen LogP contribution is -2.29. The van der Waals surface area contributed by atoms with Crippen molar-refractivity contribution in [3.63, 3.8) is 0 Å². The number of nitriles is 1. The zero-order valence-electron chi connectivity index (χ0n) is 9.65. The molecule has 0 fully saturated rings. The molecule has 0 unspecified atom stereocenters. The molecule has 0 aliphatic heterocycles. The number of pyridine rings is 1. The second-order valence-corrected chi connectivity index (χ2v) is 4.52. The Balaban J connectivity index is 2.75. The van der Waals surface area contributed by atoms with Crippen molar-refractivity contribution in [3.8, 4) is 6.07 Å². The maximum atomic E-state index is 8.62. The highest BCUT2D eigenvalue weighted by atomic mass is 35.5. The highest BCUT2D eigenvalue weighted by Crippen LogP contribution is 2.15. The summed E-state index contributed by atoms with van der Waals surface area (Å²) in [4.78, 5) is 6.38. The SMILES string of the molecule is CC(C)CN(CCC#N)c1ccc(Cl)cn1. The number of nitrogens with zero attached hydrogens (tertiary/aromatic N) is 3. The van der Waals surface area contributed by atoms with Gasteiger partial charge in [0.05, 0.1) is 17.5 Å². The third kappa shape index (κ3) is 4.08. The molecule has 0 amide bonds. The lowest BCUT2D eigenvalue weighted by atomic mass is 10.2. The van der Waals surface area contributed by atoms with E-state index in [1.165, 1.54) is 0 Å². The van der Waals surface area contributed by atoms with Gasteiger partial charge in [-0.2, -0.15) is 5.26 Å². The van der Waals surface area contributed by atoms with E-state index in [4.69, 9.17) is 16.9 Å². The van der Waals surface area contributed by atoms with E-state index in [-0.39, 0.29) is 0 Å². The number of rotatable bonds is 5. The van der Waals surface area contributed by atoms with E-state index in [9.17, 15) is 0 Å². The van der Waals surface area contributed by atoms with Crippen molar-refractivity contribution in [2.45, 2.75) is 20.3 Å². The summed E-state index contributed by atoms with van der Waals surface area (Å²) in [6.45, 7) is 5.91. The van der Waals surface area contributed by atoms with Crippen LogP contribution in [0, 0.1) is 17.2 Å². The summed E-state index contributed by atoms with van der Waals surface area (Å²) in [6, 6.07) is 5.87. The topological polar surface area (TPSA) is 39.9 Å². The van der Waals surface area contributed by atoms with Crippen molar-refractivity contribution in [1.82, 2.24) is 4.98 Å². The van der Waals surface area contributed by atoms with E-state index in [1.54, 1.807) is 6.20 Å². The molecule has 1 rings (SSSR count). The van der Waals surface area contributed by atoms with Crippen molar-refractivity contribution in [2.24, 2.45) is 5.92 Å². The Labute approximate surface area is 102 Å². The van der Waals surface area contributed by atoms with Gasteiger partial charge >= 0.3 is 0 Å². The summed E-state index contributed by atoms with van der Waals surface area (Å²) in [7, 11) is 0. The maximum absolute atomic E-state index is 8.62. The molecule has 16 heavy (non-hydrogen) atoms. The monoisotopic (exact) mass is 237 g/mol. The normalized spacial score (nSPS) is 10.2. The van der Waals surface area contributed by atoms with Crippen LogP contribution < -0.4 is 4.90 Å². The van der Waals surface area contributed by atoms with Gasteiger partial charge in [-0.05, 0) is 18.1 Å². The highest BCUT2D eigenvalue weighted by Gasteiger charge is 2.09. The second kappa shape index (κ2) is 6.34. The molecule has 86 valence electrons. The van der Waals surface area contributed by atoms with E-state index in [2.05, 4.69) is 29.8 Å². The molecule has 1 heterocycles. The van der Waals surface area contributed by atoms with Crippen molar-refractivity contribution in [2.75, 3.05) is 18.0 Å². The van der Waals surface area contributed by atoms with Crippen molar-refractivity contribution in [3.05, 3.63) is 23.4 Å². The number of hydrogen-bond donors (Lipinski definition) is 0. The first-order chi connectivity index (χ1) is 7.63. The number of anilines is 1. The molecule has 0 spiro atoms. The highest BCUT2D eigenvalue weighted by molar-refractivity contribution is 6.30. The fourth-order valence-electron chi connectivity index (χ4n) is 1.48. The molecule has 0 atom stereocenters. The largest absolute Gasteiger partial charge is 0.355 e. The summed E-state index contributed by atoms with van der Waals surface area (Å²) >= 11 is 5.79. The average Bonchev–Trinajstić information content (AvgIpc) is 2.25. The lowest BCUT2D eigenvalue weighted by molar-refractivity contribution is 0.608. The average molecular weight is 238 g/mol. The molecule has 0 aliphatic carbocycles. The zero-order chi connectivity index (χ0) is 12.0. The lowest BCUT2D eigenvalue weighted by Gasteiger charge is -2.24. The minimum Gasteiger partial charge on any atom is -0.355 e. The van der Waals surface area contributed by atoms with Crippen molar-refractivity contribution >= 4 is 17.4 Å². The quantitative estimate of drug-likeness (QED) is 0.790. The first-order valence-electron chi connectivity index (χ1n) is 5.37. The van der Waals surface area contributed by atoms with Gasteiger partial charge in [0.1, 0.15) is 5.82 Å². The molecule has 0 bridgehead atoms. The smallest absolute Gasteiger partial charge is 0.128 e. The van der Waals surface area contributed by atoms with Gasteiger partial charge in [0.2, 0.25) is 0 Å². The molecular weight excluding hydrogens is 222 g/mol. The van der Waals surface area contributed by atoms with Crippen molar-refractivity contribution in [1.29, 1.82) is 5.26 Å². The van der Waals surface area contributed by atoms with Gasteiger partial charge in [-0.3, -0.25) is 0 Å². The first kappa shape index (κ1) is 12.8. The van der Waals surface area contributed by atoms with Gasteiger partial charge in [-0.25, -0.2) is 4.98 Å². The van der Waals surface area contributed by atoms with Crippen LogP contribution in [-0.4, -0.2) is 18.1 Å². The summed E-state index contributed by atoms with van der Waals surface area (Å²) in [5, 5.41) is 9.26. The van der Waals surface area contributed by atoms with Crippen LogP contribution in [0.4, 0.5) is 5.82 Å². The van der Waals surface area contributed by atoms with Crippen LogP contribution in [0.15, 0.2) is 18.3 Å². The Morgan fingerprint density at radius 1 is 1.50 bits per heavy atom. The third-order valence-electron chi connectivity index (χ3n) is 2.11. The van der Waals surface area contributed by atoms with E-state index in [0.29, 0.717) is 23.9 Å². The predicted molar refractivity (Wildman–Crippen MR) is 66.5 cm³/mol. The van der Waals surface area contributed by atoms with E-state index in [1.807, 2.05) is 12.1 Å². The minimum atomic E-state index is 0.511. The van der Waals surface area contributed by atoms with Crippen LogP contribution in [-0.2, 0) is 0 Å². The molecule has 0 saturated heterocycles. The molecule has 4 heteroatoms. The summed E-state index contributed by atoms with van der Waals surface area (Å²) in [5.41, 5.74) is 0. The van der Waals surface area contributed by atoms with Crippen molar-refractivity contribution < 1.29 is 0 Å². The molecule has 0 saturated carbocycles. The van der Waals surface area contributed by atoms with Crippen LogP contribution in [0.25, 0.3) is 0 Å². The predicted octanol–water partition coefficient (Wildman–Crippen LogP) is 3.11. The zero-order valence-corrected chi connectivity index (χ0v) is 10.4. The van der Waals surface area contributed by atoms with Crippen LogP contribution >= 0.6 is 11.6 Å². The first-order valence-corrected chi connectivity index (χ1v) is 5.74. The van der Waals surface area contributed by atoms with Gasteiger partial charge in [0.25, 0.3) is 0 Å². The Kier molecular flexibility index (Phi) is 5.07. The molecule has 0 radical (unpaired) electrons. The summed E-state index contributed by atoms with van der Waals surface area (Å²) < 4.78 is 0. The van der Waals surface area contributed by atoms with Gasteiger partial charge in [-0.15, -0.1) is 0 Å². The Morgan fingerprint density at radius 2 is 2.25 bits per heavy atom. The molecule has 0 N–H and O–H groups in total. The van der Waals surface area contributed by atoms with E-state index >= 15 is 0 Å². The second-order valence-electron chi connectivity index (χ2n) is 4.08. The van der Waals surface area contributed by atoms with Gasteiger partial charge in [-0.1, -0.05) is 25.4 Å². The number of hydrogen-bond acceptors (Lipinski definition) is 3. The molecular formula is C12H16ClN3. The maximum Gasteiger partial charge on any atom is 0.128 e. The van der Waals surface area contributed by atoms with Crippen LogP contribution in [0.3, 0.4) is 0 Å². The Bertz CT molecular complexity index is 354. The van der Waals surface area contributed by atoms with Crippen LogP contribution in [0.2, 0.25) is 5.02 Å². The standard InChI is InChI=1S/C12H16ClN3/c1-10(2)9-16(7-3-6-14)12-5-4-11(13)8-15-12/h4-5,8,10H,3,7,9H2,1-2H3. The fraction of sp³-hybridized carbons (Fsp3) is 0.500. The van der Waals surface area contributed by atoms with E-state index in [0.717, 1.165) is 12.4 Å². The Morgan fingerprint density at radius 3 is 2.75 bits per heavy atom. The summed E-state index contributed by atoms with van der Waals surface area (Å²) in [6.07, 6.45) is 2.15. The summed E-state index contributed by atoms with van der Waals surface area (Å²) in [5.74, 6) is 1.42. The van der Waals surface area contributed by atoms with E-state index < -0.39 is 0 Å².